The molecule has 2 fully saturated rings. The van der Waals surface area contributed by atoms with Crippen LogP contribution in [0.25, 0.3) is 0 Å². The SMILES string of the molecule is CCC(C)NC(=O)c1cc(NC(=O)C2C[C@H]2c2ccccc2)ccc1N1CCCCC1. The second-order valence-electron chi connectivity index (χ2n) is 8.91. The second kappa shape index (κ2) is 9.54. The van der Waals surface area contributed by atoms with Gasteiger partial charge in [-0.3, -0.25) is 9.59 Å². The van der Waals surface area contributed by atoms with Crippen LogP contribution in [-0.4, -0.2) is 30.9 Å². The number of hydrogen-bond acceptors (Lipinski definition) is 3. The molecule has 2 unspecified atom stereocenters. The number of benzene rings is 2. The second-order valence-corrected chi connectivity index (χ2v) is 8.91. The molecule has 1 aliphatic carbocycles. The molecule has 5 heteroatoms. The van der Waals surface area contributed by atoms with Gasteiger partial charge in [0.1, 0.15) is 0 Å². The third-order valence-corrected chi connectivity index (χ3v) is 6.55. The Balaban J connectivity index is 1.51. The Labute approximate surface area is 185 Å². The highest BCUT2D eigenvalue weighted by molar-refractivity contribution is 6.02. The first-order valence-corrected chi connectivity index (χ1v) is 11.6. The van der Waals surface area contributed by atoms with E-state index >= 15 is 0 Å². The Morgan fingerprint density at radius 3 is 2.52 bits per heavy atom. The fourth-order valence-corrected chi connectivity index (χ4v) is 4.40. The quantitative estimate of drug-likeness (QED) is 0.668. The van der Waals surface area contributed by atoms with Gasteiger partial charge in [-0.1, -0.05) is 37.3 Å². The van der Waals surface area contributed by atoms with Crippen LogP contribution in [0.15, 0.2) is 48.5 Å². The minimum atomic E-state index is -0.0698. The van der Waals surface area contributed by atoms with Crippen LogP contribution < -0.4 is 15.5 Å². The minimum absolute atomic E-state index is 0.00145. The van der Waals surface area contributed by atoms with Gasteiger partial charge in [-0.2, -0.15) is 0 Å². The summed E-state index contributed by atoms with van der Waals surface area (Å²) in [6.45, 7) is 6.01. The molecule has 2 amide bonds. The molecule has 3 atom stereocenters. The van der Waals surface area contributed by atoms with Gasteiger partial charge < -0.3 is 15.5 Å². The number of amides is 2. The third-order valence-electron chi connectivity index (χ3n) is 6.55. The van der Waals surface area contributed by atoms with Crippen LogP contribution in [0, 0.1) is 5.92 Å². The maximum absolute atomic E-state index is 13.0. The maximum atomic E-state index is 13.0. The van der Waals surface area contributed by atoms with E-state index in [-0.39, 0.29) is 23.8 Å². The van der Waals surface area contributed by atoms with E-state index in [0.717, 1.165) is 44.5 Å². The summed E-state index contributed by atoms with van der Waals surface area (Å²) in [5.41, 5.74) is 3.53. The van der Waals surface area contributed by atoms with Gasteiger partial charge in [0.15, 0.2) is 0 Å². The molecule has 0 bridgehead atoms. The van der Waals surface area contributed by atoms with E-state index in [1.54, 1.807) is 0 Å². The number of nitrogens with one attached hydrogen (secondary N) is 2. The van der Waals surface area contributed by atoms with Crippen LogP contribution in [0.1, 0.15) is 67.8 Å². The zero-order valence-corrected chi connectivity index (χ0v) is 18.6. The maximum Gasteiger partial charge on any atom is 0.253 e. The number of carbonyl (C=O) groups is 2. The summed E-state index contributed by atoms with van der Waals surface area (Å²) in [6, 6.07) is 16.1. The van der Waals surface area contributed by atoms with Crippen LogP contribution in [-0.2, 0) is 4.79 Å². The lowest BCUT2D eigenvalue weighted by Gasteiger charge is -2.31. The Kier molecular flexibility index (Phi) is 6.59. The Hall–Kier alpha value is -2.82. The summed E-state index contributed by atoms with van der Waals surface area (Å²) in [5.74, 6) is 0.260. The zero-order valence-electron chi connectivity index (χ0n) is 18.6. The summed E-state index contributed by atoms with van der Waals surface area (Å²) >= 11 is 0. The number of piperidine rings is 1. The highest BCUT2D eigenvalue weighted by Crippen LogP contribution is 2.48. The highest BCUT2D eigenvalue weighted by atomic mass is 16.2. The molecule has 4 rings (SSSR count). The zero-order chi connectivity index (χ0) is 21.8. The van der Waals surface area contributed by atoms with E-state index in [0.29, 0.717) is 17.2 Å². The fraction of sp³-hybridized carbons (Fsp3) is 0.462. The van der Waals surface area contributed by atoms with E-state index < -0.39 is 0 Å². The van der Waals surface area contributed by atoms with Crippen molar-refractivity contribution in [3.63, 3.8) is 0 Å². The first kappa shape index (κ1) is 21.4. The van der Waals surface area contributed by atoms with Crippen LogP contribution in [0.5, 0.6) is 0 Å². The molecule has 0 aromatic heterocycles. The van der Waals surface area contributed by atoms with E-state index in [1.807, 2.05) is 43.3 Å². The average Bonchev–Trinajstić information content (AvgIpc) is 3.61. The number of carbonyl (C=O) groups excluding carboxylic acids is 2. The number of hydrogen-bond donors (Lipinski definition) is 2. The molecular weight excluding hydrogens is 386 g/mol. The summed E-state index contributed by atoms with van der Waals surface area (Å²) < 4.78 is 0. The van der Waals surface area contributed by atoms with Gasteiger partial charge in [0, 0.05) is 36.4 Å². The number of nitrogens with zero attached hydrogens (tertiary/aromatic N) is 1. The monoisotopic (exact) mass is 419 g/mol. The van der Waals surface area contributed by atoms with Gasteiger partial charge >= 0.3 is 0 Å². The van der Waals surface area contributed by atoms with Crippen molar-refractivity contribution in [2.45, 2.75) is 57.9 Å². The van der Waals surface area contributed by atoms with E-state index in [2.05, 4.69) is 34.6 Å². The molecule has 2 aromatic carbocycles. The molecule has 1 saturated heterocycles. The molecule has 1 saturated carbocycles. The third kappa shape index (κ3) is 5.09. The number of anilines is 2. The minimum Gasteiger partial charge on any atom is -0.371 e. The van der Waals surface area contributed by atoms with E-state index in [1.165, 1.54) is 12.0 Å². The van der Waals surface area contributed by atoms with Crippen molar-refractivity contribution in [3.8, 4) is 0 Å². The normalized spacial score (nSPS) is 21.3. The topological polar surface area (TPSA) is 61.4 Å². The van der Waals surface area contributed by atoms with Crippen molar-refractivity contribution in [1.82, 2.24) is 5.32 Å². The molecule has 5 nitrogen and oxygen atoms in total. The van der Waals surface area contributed by atoms with Crippen LogP contribution in [0.3, 0.4) is 0 Å². The van der Waals surface area contributed by atoms with E-state index in [4.69, 9.17) is 0 Å². The molecule has 0 radical (unpaired) electrons. The standard InChI is InChI=1S/C26H33N3O2/c1-3-18(2)27-26(31)23-16-20(12-13-24(23)29-14-8-5-9-15-29)28-25(30)22-17-21(22)19-10-6-4-7-11-19/h4,6-7,10-13,16,18,21-22H,3,5,8-9,14-15,17H2,1-2H3,(H,27,31)(H,28,30)/t18?,21-,22?/m0/s1. The van der Waals surface area contributed by atoms with Crippen molar-refractivity contribution < 1.29 is 9.59 Å². The van der Waals surface area contributed by atoms with Gasteiger partial charge in [0.05, 0.1) is 5.56 Å². The van der Waals surface area contributed by atoms with Gasteiger partial charge in [0.2, 0.25) is 5.91 Å². The molecule has 1 heterocycles. The molecule has 2 aliphatic rings. The van der Waals surface area contributed by atoms with Crippen molar-refractivity contribution in [2.75, 3.05) is 23.3 Å². The summed E-state index contributed by atoms with van der Waals surface area (Å²) in [4.78, 5) is 28.2. The fourth-order valence-electron chi connectivity index (χ4n) is 4.40. The Bertz CT molecular complexity index is 922. The lowest BCUT2D eigenvalue weighted by molar-refractivity contribution is -0.117. The number of rotatable bonds is 7. The Morgan fingerprint density at radius 1 is 1.06 bits per heavy atom. The molecule has 31 heavy (non-hydrogen) atoms. The van der Waals surface area contributed by atoms with Crippen molar-refractivity contribution >= 4 is 23.2 Å². The first-order chi connectivity index (χ1) is 15.1. The smallest absolute Gasteiger partial charge is 0.253 e. The largest absolute Gasteiger partial charge is 0.371 e. The first-order valence-electron chi connectivity index (χ1n) is 11.6. The van der Waals surface area contributed by atoms with Crippen LogP contribution >= 0.6 is 0 Å². The van der Waals surface area contributed by atoms with Crippen molar-refractivity contribution in [2.24, 2.45) is 5.92 Å². The molecule has 164 valence electrons. The van der Waals surface area contributed by atoms with Crippen LogP contribution in [0.2, 0.25) is 0 Å². The average molecular weight is 420 g/mol. The van der Waals surface area contributed by atoms with Gasteiger partial charge in [-0.25, -0.2) is 0 Å². The lowest BCUT2D eigenvalue weighted by Crippen LogP contribution is -2.35. The lowest BCUT2D eigenvalue weighted by atomic mass is 10.0. The van der Waals surface area contributed by atoms with Gasteiger partial charge in [-0.05, 0) is 68.7 Å². The highest BCUT2D eigenvalue weighted by Gasteiger charge is 2.43. The van der Waals surface area contributed by atoms with Crippen molar-refractivity contribution in [1.29, 1.82) is 0 Å². The summed E-state index contributed by atoms with van der Waals surface area (Å²) in [7, 11) is 0. The molecule has 2 aromatic rings. The summed E-state index contributed by atoms with van der Waals surface area (Å²) in [6.07, 6.45) is 5.29. The summed E-state index contributed by atoms with van der Waals surface area (Å²) in [5, 5.41) is 6.15. The predicted molar refractivity (Wildman–Crippen MR) is 126 cm³/mol. The Morgan fingerprint density at radius 2 is 1.81 bits per heavy atom. The van der Waals surface area contributed by atoms with Gasteiger partial charge in [0.25, 0.3) is 5.91 Å². The molecular formula is C26H33N3O2. The van der Waals surface area contributed by atoms with Crippen LogP contribution in [0.4, 0.5) is 11.4 Å². The molecule has 1 aliphatic heterocycles. The predicted octanol–water partition coefficient (Wildman–Crippen LogP) is 4.95. The van der Waals surface area contributed by atoms with Gasteiger partial charge in [-0.15, -0.1) is 0 Å². The van der Waals surface area contributed by atoms with E-state index in [9.17, 15) is 9.59 Å². The molecule has 2 N–H and O–H groups in total. The molecule has 0 spiro atoms. The van der Waals surface area contributed by atoms with Crippen molar-refractivity contribution in [3.05, 3.63) is 59.7 Å².